The predicted octanol–water partition coefficient (Wildman–Crippen LogP) is 1.47. The van der Waals surface area contributed by atoms with Gasteiger partial charge in [-0.25, -0.2) is 18.6 Å². The van der Waals surface area contributed by atoms with Crippen LogP contribution in [0, 0.1) is 23.0 Å². The van der Waals surface area contributed by atoms with E-state index in [1.54, 1.807) is 12.1 Å². The van der Waals surface area contributed by atoms with Crippen LogP contribution in [-0.2, 0) is 4.79 Å². The van der Waals surface area contributed by atoms with Crippen LogP contribution < -0.4 is 10.6 Å². The topological polar surface area (TPSA) is 125 Å². The number of nitrogens with one attached hydrogen (secondary N) is 2. The SMILES string of the molecule is N#Cc1cc(F)c([C@H]2C[C@@H]2c2cc(C3CNC(=O)NC3=O)nn3ncnc23)c(F)c1. The van der Waals surface area contributed by atoms with Gasteiger partial charge in [0.05, 0.1) is 23.2 Å². The fraction of sp³-hybridized carbons (Fsp3) is 0.263. The maximum atomic E-state index is 14.5. The number of hydrogen-bond donors (Lipinski definition) is 2. The van der Waals surface area contributed by atoms with E-state index in [2.05, 4.69) is 25.8 Å². The second kappa shape index (κ2) is 6.55. The van der Waals surface area contributed by atoms with E-state index in [0.717, 1.165) is 12.1 Å². The fourth-order valence-corrected chi connectivity index (χ4v) is 3.93. The van der Waals surface area contributed by atoms with Gasteiger partial charge in [0.2, 0.25) is 5.91 Å². The Labute approximate surface area is 167 Å². The highest BCUT2D eigenvalue weighted by Crippen LogP contribution is 2.56. The fourth-order valence-electron chi connectivity index (χ4n) is 3.93. The number of carbonyl (C=O) groups is 2. The highest BCUT2D eigenvalue weighted by atomic mass is 19.1. The molecular weight excluding hydrogens is 396 g/mol. The Kier molecular flexibility index (Phi) is 3.95. The molecule has 30 heavy (non-hydrogen) atoms. The number of imide groups is 1. The number of amides is 3. The van der Waals surface area contributed by atoms with Gasteiger partial charge in [0.25, 0.3) is 0 Å². The molecule has 0 bridgehead atoms. The van der Waals surface area contributed by atoms with Gasteiger partial charge in [-0.2, -0.15) is 10.4 Å². The Morgan fingerprint density at radius 3 is 2.63 bits per heavy atom. The minimum atomic E-state index is -0.764. The Morgan fingerprint density at radius 2 is 1.93 bits per heavy atom. The minimum absolute atomic E-state index is 0.0716. The number of halogens is 2. The first kappa shape index (κ1) is 18.1. The van der Waals surface area contributed by atoms with Crippen LogP contribution in [0.3, 0.4) is 0 Å². The molecule has 2 aliphatic rings. The van der Waals surface area contributed by atoms with Crippen molar-refractivity contribution >= 4 is 17.6 Å². The summed E-state index contributed by atoms with van der Waals surface area (Å²) in [5.41, 5.74) is 1.31. The van der Waals surface area contributed by atoms with E-state index in [1.807, 2.05) is 0 Å². The zero-order chi connectivity index (χ0) is 21.0. The zero-order valence-electron chi connectivity index (χ0n) is 15.3. The van der Waals surface area contributed by atoms with Crippen LogP contribution >= 0.6 is 0 Å². The molecule has 1 unspecified atom stereocenters. The van der Waals surface area contributed by atoms with E-state index in [9.17, 15) is 18.4 Å². The molecule has 0 radical (unpaired) electrons. The van der Waals surface area contributed by atoms with Gasteiger partial charge in [-0.15, -0.1) is 9.73 Å². The van der Waals surface area contributed by atoms with Crippen LogP contribution in [0.4, 0.5) is 13.6 Å². The lowest BCUT2D eigenvalue weighted by atomic mass is 9.98. The normalized spacial score (nSPS) is 23.0. The lowest BCUT2D eigenvalue weighted by Gasteiger charge is -2.22. The molecule has 3 atom stereocenters. The molecule has 1 aliphatic heterocycles. The van der Waals surface area contributed by atoms with E-state index in [-0.39, 0.29) is 23.6 Å². The third-order valence-corrected chi connectivity index (χ3v) is 5.45. The Balaban J connectivity index is 1.53. The third kappa shape index (κ3) is 2.85. The molecule has 1 aromatic carbocycles. The van der Waals surface area contributed by atoms with Crippen molar-refractivity contribution in [3.8, 4) is 6.07 Å². The lowest BCUT2D eigenvalue weighted by Crippen LogP contribution is -2.51. The molecule has 0 spiro atoms. The van der Waals surface area contributed by atoms with E-state index in [1.165, 1.54) is 11.0 Å². The predicted molar refractivity (Wildman–Crippen MR) is 96.2 cm³/mol. The summed E-state index contributed by atoms with van der Waals surface area (Å²) in [5.74, 6) is -3.44. The van der Waals surface area contributed by atoms with E-state index < -0.39 is 35.4 Å². The number of rotatable bonds is 3. The van der Waals surface area contributed by atoms with Crippen LogP contribution in [0.2, 0.25) is 0 Å². The van der Waals surface area contributed by atoms with E-state index >= 15 is 0 Å². The van der Waals surface area contributed by atoms with Gasteiger partial charge in [-0.1, -0.05) is 0 Å². The summed E-state index contributed by atoms with van der Waals surface area (Å²) in [6.45, 7) is 0.0737. The third-order valence-electron chi connectivity index (χ3n) is 5.45. The number of nitrogens with zero attached hydrogens (tertiary/aromatic N) is 5. The Hall–Kier alpha value is -3.94. The summed E-state index contributed by atoms with van der Waals surface area (Å²) in [6.07, 6.45) is 1.78. The van der Waals surface area contributed by atoms with Gasteiger partial charge < -0.3 is 5.32 Å². The first-order chi connectivity index (χ1) is 14.5. The number of hydrogen-bond acceptors (Lipinski definition) is 6. The number of carbonyl (C=O) groups excluding carboxylic acids is 2. The molecule has 2 aromatic heterocycles. The maximum absolute atomic E-state index is 14.5. The lowest BCUT2D eigenvalue weighted by molar-refractivity contribution is -0.122. The van der Waals surface area contributed by atoms with Gasteiger partial charge in [-0.05, 0) is 36.5 Å². The largest absolute Gasteiger partial charge is 0.337 e. The van der Waals surface area contributed by atoms with Crippen molar-refractivity contribution in [2.45, 2.75) is 24.2 Å². The smallest absolute Gasteiger partial charge is 0.321 e. The molecule has 150 valence electrons. The summed E-state index contributed by atoms with van der Waals surface area (Å²) < 4.78 is 30.2. The maximum Gasteiger partial charge on any atom is 0.321 e. The molecule has 1 aliphatic carbocycles. The molecule has 1 saturated heterocycles. The Morgan fingerprint density at radius 1 is 1.17 bits per heavy atom. The molecule has 3 amide bonds. The van der Waals surface area contributed by atoms with Crippen LogP contribution in [0.25, 0.3) is 5.65 Å². The molecule has 3 heterocycles. The summed E-state index contributed by atoms with van der Waals surface area (Å²) in [4.78, 5) is 27.7. The molecule has 5 rings (SSSR count). The monoisotopic (exact) mass is 409 g/mol. The van der Waals surface area contributed by atoms with Crippen molar-refractivity contribution in [2.75, 3.05) is 6.54 Å². The zero-order valence-corrected chi connectivity index (χ0v) is 15.3. The number of urea groups is 1. The van der Waals surface area contributed by atoms with Crippen molar-refractivity contribution in [2.24, 2.45) is 0 Å². The summed E-state index contributed by atoms with van der Waals surface area (Å²) >= 11 is 0. The van der Waals surface area contributed by atoms with Crippen LogP contribution in [-0.4, -0.2) is 38.3 Å². The van der Waals surface area contributed by atoms with Gasteiger partial charge in [0, 0.05) is 17.7 Å². The average molecular weight is 409 g/mol. The molecular formula is C19H13F2N7O2. The molecule has 9 nitrogen and oxygen atoms in total. The van der Waals surface area contributed by atoms with Crippen molar-refractivity contribution in [1.82, 2.24) is 30.4 Å². The number of benzene rings is 1. The first-order valence-corrected chi connectivity index (χ1v) is 9.15. The summed E-state index contributed by atoms with van der Waals surface area (Å²) in [6, 6.07) is 4.87. The van der Waals surface area contributed by atoms with Crippen molar-refractivity contribution in [1.29, 1.82) is 5.26 Å². The van der Waals surface area contributed by atoms with Crippen molar-refractivity contribution in [3.63, 3.8) is 0 Å². The number of nitriles is 1. The number of fused-ring (bicyclic) bond motifs is 1. The van der Waals surface area contributed by atoms with Gasteiger partial charge in [-0.3, -0.25) is 10.1 Å². The van der Waals surface area contributed by atoms with Crippen molar-refractivity contribution in [3.05, 3.63) is 58.5 Å². The molecule has 2 N–H and O–H groups in total. The Bertz CT molecular complexity index is 1240. The molecule has 11 heteroatoms. The summed E-state index contributed by atoms with van der Waals surface area (Å²) in [5, 5.41) is 22.0. The van der Waals surface area contributed by atoms with Crippen LogP contribution in [0.15, 0.2) is 24.5 Å². The average Bonchev–Trinajstić information content (AvgIpc) is 3.32. The van der Waals surface area contributed by atoms with Crippen molar-refractivity contribution < 1.29 is 18.4 Å². The van der Waals surface area contributed by atoms with Gasteiger partial charge >= 0.3 is 6.03 Å². The van der Waals surface area contributed by atoms with Crippen LogP contribution in [0.1, 0.15) is 46.6 Å². The summed E-state index contributed by atoms with van der Waals surface area (Å²) in [7, 11) is 0. The quantitative estimate of drug-likeness (QED) is 0.675. The molecule has 2 fully saturated rings. The van der Waals surface area contributed by atoms with E-state index in [0.29, 0.717) is 23.3 Å². The minimum Gasteiger partial charge on any atom is -0.337 e. The molecule has 3 aromatic rings. The second-order valence-corrected chi connectivity index (χ2v) is 7.26. The van der Waals surface area contributed by atoms with Gasteiger partial charge in [0.1, 0.15) is 18.0 Å². The van der Waals surface area contributed by atoms with E-state index in [4.69, 9.17) is 5.26 Å². The molecule has 1 saturated carbocycles. The second-order valence-electron chi connectivity index (χ2n) is 7.26. The van der Waals surface area contributed by atoms with Crippen LogP contribution in [0.5, 0.6) is 0 Å². The number of aromatic nitrogens is 4. The first-order valence-electron chi connectivity index (χ1n) is 9.15. The van der Waals surface area contributed by atoms with Gasteiger partial charge in [0.15, 0.2) is 5.65 Å². The highest BCUT2D eigenvalue weighted by molar-refractivity contribution is 6.00. The standard InChI is InChI=1S/C19H13F2N7O2/c20-13-1-8(5-22)2-14(21)16(13)10-3-9(10)11-4-15(27-28-17(11)24-7-25-28)12-6-23-19(30)26-18(12)29/h1-2,4,7,9-10,12H,3,6H2,(H2,23,26,29,30)/t9-,10-,12?/m0/s1. The highest BCUT2D eigenvalue weighted by Gasteiger charge is 2.45.